The first-order valence-electron chi connectivity index (χ1n) is 5.61. The van der Waals surface area contributed by atoms with Crippen molar-refractivity contribution in [1.29, 1.82) is 0 Å². The standard InChI is InChI=1S/C12H13B3O2/c13-8-7(6-4-2-1-3-5-6)11(16)10(15)12(17)9(8)14/h1-5,16-17H,13-15H2. The second-order valence-corrected chi connectivity index (χ2v) is 4.31. The summed E-state index contributed by atoms with van der Waals surface area (Å²) in [5.74, 6) is 0.344. The minimum atomic E-state index is 0.164. The predicted octanol–water partition coefficient (Wildman–Crippen LogP) is -2.46. The molecule has 2 nitrogen and oxygen atoms in total. The van der Waals surface area contributed by atoms with Gasteiger partial charge in [0.25, 0.3) is 0 Å². The Morgan fingerprint density at radius 2 is 1.29 bits per heavy atom. The second kappa shape index (κ2) is 4.25. The number of aromatic hydroxyl groups is 2. The molecular weight excluding hydrogens is 209 g/mol. The van der Waals surface area contributed by atoms with Gasteiger partial charge in [-0.25, -0.2) is 0 Å². The van der Waals surface area contributed by atoms with Crippen molar-refractivity contribution < 1.29 is 10.2 Å². The van der Waals surface area contributed by atoms with Gasteiger partial charge in [-0.1, -0.05) is 41.3 Å². The molecule has 2 rings (SSSR count). The van der Waals surface area contributed by atoms with E-state index in [9.17, 15) is 10.2 Å². The maximum Gasteiger partial charge on any atom is 0.149 e. The van der Waals surface area contributed by atoms with E-state index >= 15 is 0 Å². The minimum absolute atomic E-state index is 0.164. The summed E-state index contributed by atoms with van der Waals surface area (Å²) in [7, 11) is 5.50. The van der Waals surface area contributed by atoms with E-state index in [4.69, 9.17) is 0 Å². The van der Waals surface area contributed by atoms with Crippen LogP contribution in [0.25, 0.3) is 11.1 Å². The number of rotatable bonds is 1. The number of phenolic OH excluding ortho intramolecular Hbond substituents is 2. The van der Waals surface area contributed by atoms with Gasteiger partial charge in [0, 0.05) is 5.56 Å². The summed E-state index contributed by atoms with van der Waals surface area (Å²) in [6.45, 7) is 0. The molecule has 0 fully saturated rings. The van der Waals surface area contributed by atoms with Crippen molar-refractivity contribution >= 4 is 39.9 Å². The molecule has 82 valence electrons. The molecule has 0 spiro atoms. The number of hydrogen-bond donors (Lipinski definition) is 2. The Balaban J connectivity index is 2.80. The summed E-state index contributed by atoms with van der Waals surface area (Å²) in [5, 5.41) is 20.1. The van der Waals surface area contributed by atoms with Crippen molar-refractivity contribution in [2.45, 2.75) is 0 Å². The lowest BCUT2D eigenvalue weighted by Crippen LogP contribution is -2.32. The molecule has 0 saturated carbocycles. The van der Waals surface area contributed by atoms with E-state index in [2.05, 4.69) is 0 Å². The topological polar surface area (TPSA) is 40.5 Å². The average Bonchev–Trinajstić information content (AvgIpc) is 2.36. The van der Waals surface area contributed by atoms with Crippen LogP contribution in [-0.4, -0.2) is 33.8 Å². The summed E-state index contributed by atoms with van der Waals surface area (Å²) in [6, 6.07) is 9.73. The molecule has 17 heavy (non-hydrogen) atoms. The first-order chi connectivity index (χ1) is 8.04. The Kier molecular flexibility index (Phi) is 2.92. The van der Waals surface area contributed by atoms with Crippen molar-refractivity contribution in [2.24, 2.45) is 0 Å². The summed E-state index contributed by atoms with van der Waals surface area (Å²) < 4.78 is 0. The Morgan fingerprint density at radius 1 is 0.706 bits per heavy atom. The highest BCUT2D eigenvalue weighted by atomic mass is 16.3. The molecular formula is C12H13B3O2. The Morgan fingerprint density at radius 3 is 1.88 bits per heavy atom. The van der Waals surface area contributed by atoms with Crippen LogP contribution in [0.3, 0.4) is 0 Å². The molecule has 0 aliphatic rings. The zero-order chi connectivity index (χ0) is 12.6. The lowest BCUT2D eigenvalue weighted by Gasteiger charge is -2.16. The molecule has 5 heteroatoms. The molecule has 0 radical (unpaired) electrons. The molecule has 2 aromatic carbocycles. The average molecular weight is 222 g/mol. The third-order valence-corrected chi connectivity index (χ3v) is 3.30. The van der Waals surface area contributed by atoms with Crippen molar-refractivity contribution in [3.05, 3.63) is 30.3 Å². The van der Waals surface area contributed by atoms with Crippen LogP contribution >= 0.6 is 0 Å². The van der Waals surface area contributed by atoms with E-state index in [1.807, 2.05) is 46.0 Å². The van der Waals surface area contributed by atoms with Gasteiger partial charge in [0.1, 0.15) is 35.0 Å². The van der Waals surface area contributed by atoms with Crippen LogP contribution in [0.15, 0.2) is 30.3 Å². The molecule has 0 atom stereocenters. The molecule has 0 unspecified atom stereocenters. The van der Waals surface area contributed by atoms with Crippen LogP contribution in [0.2, 0.25) is 0 Å². The third-order valence-electron chi connectivity index (χ3n) is 3.30. The molecule has 0 aliphatic carbocycles. The smallest absolute Gasteiger partial charge is 0.149 e. The van der Waals surface area contributed by atoms with Crippen LogP contribution in [0.5, 0.6) is 11.5 Å². The summed E-state index contributed by atoms with van der Waals surface area (Å²) >= 11 is 0. The van der Waals surface area contributed by atoms with Crippen molar-refractivity contribution in [3.8, 4) is 22.6 Å². The van der Waals surface area contributed by atoms with E-state index in [0.29, 0.717) is 5.46 Å². The third kappa shape index (κ3) is 1.82. The highest BCUT2D eigenvalue weighted by molar-refractivity contribution is 6.55. The van der Waals surface area contributed by atoms with Crippen molar-refractivity contribution in [1.82, 2.24) is 0 Å². The van der Waals surface area contributed by atoms with E-state index in [1.54, 1.807) is 7.85 Å². The van der Waals surface area contributed by atoms with Gasteiger partial charge < -0.3 is 10.2 Å². The van der Waals surface area contributed by atoms with Crippen molar-refractivity contribution in [2.75, 3.05) is 0 Å². The predicted molar refractivity (Wildman–Crippen MR) is 79.7 cm³/mol. The number of hydrogen-bond acceptors (Lipinski definition) is 2. The Bertz CT molecular complexity index is 539. The van der Waals surface area contributed by atoms with Gasteiger partial charge in [-0.15, -0.1) is 0 Å². The van der Waals surface area contributed by atoms with Crippen LogP contribution < -0.4 is 16.4 Å². The van der Waals surface area contributed by atoms with Gasteiger partial charge in [0.05, 0.1) is 0 Å². The zero-order valence-electron chi connectivity index (χ0n) is 10.3. The summed E-state index contributed by atoms with van der Waals surface area (Å²) in [6.07, 6.45) is 0. The largest absolute Gasteiger partial charge is 0.509 e. The molecule has 0 bridgehead atoms. The maximum atomic E-state index is 10.2. The van der Waals surface area contributed by atoms with Crippen LogP contribution in [0.1, 0.15) is 0 Å². The second-order valence-electron chi connectivity index (χ2n) is 4.31. The van der Waals surface area contributed by atoms with Gasteiger partial charge in [-0.05, 0) is 11.0 Å². The lowest BCUT2D eigenvalue weighted by molar-refractivity contribution is 0.463. The molecule has 2 aromatic rings. The highest BCUT2D eigenvalue weighted by Crippen LogP contribution is 2.26. The first-order valence-corrected chi connectivity index (χ1v) is 5.61. The molecule has 0 saturated heterocycles. The molecule has 0 aromatic heterocycles. The monoisotopic (exact) mass is 222 g/mol. The zero-order valence-corrected chi connectivity index (χ0v) is 10.3. The van der Waals surface area contributed by atoms with Crippen LogP contribution in [0.4, 0.5) is 0 Å². The van der Waals surface area contributed by atoms with E-state index in [1.165, 1.54) is 0 Å². The summed E-state index contributed by atoms with van der Waals surface area (Å²) in [5.41, 5.74) is 4.04. The fourth-order valence-electron chi connectivity index (χ4n) is 2.08. The number of phenols is 2. The van der Waals surface area contributed by atoms with E-state index < -0.39 is 0 Å². The van der Waals surface area contributed by atoms with Crippen LogP contribution in [-0.2, 0) is 0 Å². The van der Waals surface area contributed by atoms with Gasteiger partial charge in [-0.2, -0.15) is 0 Å². The van der Waals surface area contributed by atoms with E-state index in [0.717, 1.165) is 22.1 Å². The lowest BCUT2D eigenvalue weighted by atomic mass is 9.71. The first kappa shape index (κ1) is 11.7. The van der Waals surface area contributed by atoms with Crippen molar-refractivity contribution in [3.63, 3.8) is 0 Å². The van der Waals surface area contributed by atoms with Crippen LogP contribution in [0, 0.1) is 0 Å². The molecule has 0 heterocycles. The quantitative estimate of drug-likeness (QED) is 0.525. The normalized spacial score (nSPS) is 10.4. The molecule has 0 amide bonds. The summed E-state index contributed by atoms with van der Waals surface area (Å²) in [4.78, 5) is 0. The van der Waals surface area contributed by atoms with Gasteiger partial charge in [0.15, 0.2) is 0 Å². The fourth-order valence-corrected chi connectivity index (χ4v) is 2.08. The fraction of sp³-hybridized carbons (Fsp3) is 0. The number of benzene rings is 2. The molecule has 2 N–H and O–H groups in total. The minimum Gasteiger partial charge on any atom is -0.509 e. The Hall–Kier alpha value is -1.77. The van der Waals surface area contributed by atoms with E-state index in [-0.39, 0.29) is 11.5 Å². The van der Waals surface area contributed by atoms with Gasteiger partial charge in [-0.3, -0.25) is 0 Å². The van der Waals surface area contributed by atoms with Gasteiger partial charge >= 0.3 is 0 Å². The van der Waals surface area contributed by atoms with Gasteiger partial charge in [0.2, 0.25) is 0 Å². The SMILES string of the molecule is Bc1c(B)c(-c2ccccc2)c(O)c(B)c1O. The molecule has 0 aliphatic heterocycles. The maximum absolute atomic E-state index is 10.2. The highest BCUT2D eigenvalue weighted by Gasteiger charge is 2.16. The Labute approximate surface area is 104 Å².